The molecule has 1 atom stereocenters. The van der Waals surface area contributed by atoms with Gasteiger partial charge < -0.3 is 10.2 Å². The van der Waals surface area contributed by atoms with Crippen molar-refractivity contribution in [2.45, 2.75) is 44.8 Å². The lowest BCUT2D eigenvalue weighted by molar-refractivity contribution is -0.0529. The average Bonchev–Trinajstić information content (AvgIpc) is 2.12. The molecule has 0 amide bonds. The van der Waals surface area contributed by atoms with E-state index in [0.717, 1.165) is 0 Å². The van der Waals surface area contributed by atoms with E-state index in [-0.39, 0.29) is 0 Å². The molecule has 0 saturated heterocycles. The van der Waals surface area contributed by atoms with Gasteiger partial charge in [0.25, 0.3) is 0 Å². The number of hydrogen-bond donors (Lipinski definition) is 2. The average molecular weight is 169 g/mol. The molecular weight excluding hydrogens is 152 g/mol. The first-order chi connectivity index (χ1) is 5.60. The Morgan fingerprint density at radius 3 is 2.25 bits per heavy atom. The fourth-order valence-electron chi connectivity index (χ4n) is 0.940. The van der Waals surface area contributed by atoms with Gasteiger partial charge in [0.15, 0.2) is 0 Å². The molecule has 0 aromatic carbocycles. The first-order valence-electron chi connectivity index (χ1n) is 4.28. The van der Waals surface area contributed by atoms with Gasteiger partial charge in [0, 0.05) is 6.42 Å². The molecule has 1 radical (unpaired) electrons. The molecule has 12 heavy (non-hydrogen) atoms. The molecule has 0 aliphatic carbocycles. The van der Waals surface area contributed by atoms with Crippen LogP contribution in [0.25, 0.3) is 0 Å². The monoisotopic (exact) mass is 169 g/mol. The topological polar surface area (TPSA) is 40.5 Å². The van der Waals surface area contributed by atoms with E-state index in [1.807, 2.05) is 13.8 Å². The zero-order valence-corrected chi connectivity index (χ0v) is 7.80. The Hall–Kier alpha value is -0.520. The predicted octanol–water partition coefficient (Wildman–Crippen LogP) is 1.13. The molecule has 0 aliphatic heterocycles. The van der Waals surface area contributed by atoms with E-state index in [2.05, 4.69) is 18.8 Å². The summed E-state index contributed by atoms with van der Waals surface area (Å²) in [6.07, 6.45) is 0.530. The molecule has 0 heterocycles. The van der Waals surface area contributed by atoms with Crippen molar-refractivity contribution < 1.29 is 10.2 Å². The van der Waals surface area contributed by atoms with Gasteiger partial charge in [-0.25, -0.2) is 0 Å². The summed E-state index contributed by atoms with van der Waals surface area (Å²) in [6.45, 7) is 7.19. The van der Waals surface area contributed by atoms with E-state index >= 15 is 0 Å². The summed E-state index contributed by atoms with van der Waals surface area (Å²) in [5, 5.41) is 19.2. The molecule has 0 aromatic rings. The van der Waals surface area contributed by atoms with Crippen molar-refractivity contribution in [3.8, 4) is 11.8 Å². The van der Waals surface area contributed by atoms with Crippen molar-refractivity contribution in [2.24, 2.45) is 0 Å². The summed E-state index contributed by atoms with van der Waals surface area (Å²) in [4.78, 5) is 0. The summed E-state index contributed by atoms with van der Waals surface area (Å²) < 4.78 is 0. The third-order valence-corrected chi connectivity index (χ3v) is 2.10. The highest BCUT2D eigenvalue weighted by Gasteiger charge is 2.30. The molecule has 69 valence electrons. The lowest BCUT2D eigenvalue weighted by atomic mass is 9.91. The molecule has 0 rings (SSSR count). The van der Waals surface area contributed by atoms with Crippen LogP contribution in [0.3, 0.4) is 0 Å². The molecule has 0 fully saturated rings. The van der Waals surface area contributed by atoms with Crippen LogP contribution in [0.1, 0.15) is 33.1 Å². The van der Waals surface area contributed by atoms with E-state index in [9.17, 15) is 10.2 Å². The smallest absolute Gasteiger partial charge is 0.143 e. The van der Waals surface area contributed by atoms with Crippen LogP contribution in [-0.4, -0.2) is 21.9 Å². The Morgan fingerprint density at radius 1 is 1.42 bits per heavy atom. The Balaban J connectivity index is 4.30. The van der Waals surface area contributed by atoms with Crippen LogP contribution in [-0.2, 0) is 0 Å². The standard InChI is InChI=1S/C10H17O2/c1-4-7-8-9(11)10(12,5-2)6-3/h9,11-12H,1,4-6H2,2-3H3. The molecular formula is C10H17O2. The van der Waals surface area contributed by atoms with E-state index < -0.39 is 11.7 Å². The van der Waals surface area contributed by atoms with Gasteiger partial charge in [0.1, 0.15) is 11.7 Å². The molecule has 2 N–H and O–H groups in total. The Labute approximate surface area is 74.6 Å². The minimum Gasteiger partial charge on any atom is -0.386 e. The van der Waals surface area contributed by atoms with Crippen molar-refractivity contribution in [3.05, 3.63) is 6.92 Å². The summed E-state index contributed by atoms with van der Waals surface area (Å²) in [5.41, 5.74) is -1.05. The summed E-state index contributed by atoms with van der Waals surface area (Å²) >= 11 is 0. The van der Waals surface area contributed by atoms with E-state index in [0.29, 0.717) is 19.3 Å². The first-order valence-corrected chi connectivity index (χ1v) is 4.28. The van der Waals surface area contributed by atoms with Gasteiger partial charge in [-0.1, -0.05) is 19.8 Å². The van der Waals surface area contributed by atoms with Crippen molar-refractivity contribution in [1.29, 1.82) is 0 Å². The fraction of sp³-hybridized carbons (Fsp3) is 0.700. The molecule has 0 aliphatic rings. The highest BCUT2D eigenvalue weighted by atomic mass is 16.3. The van der Waals surface area contributed by atoms with Gasteiger partial charge in [-0.05, 0) is 19.8 Å². The largest absolute Gasteiger partial charge is 0.386 e. The zero-order valence-electron chi connectivity index (χ0n) is 7.80. The van der Waals surface area contributed by atoms with Crippen LogP contribution in [0.4, 0.5) is 0 Å². The third kappa shape index (κ3) is 2.84. The van der Waals surface area contributed by atoms with Crippen LogP contribution < -0.4 is 0 Å². The second kappa shape index (κ2) is 5.18. The quantitative estimate of drug-likeness (QED) is 0.622. The molecule has 0 aromatic heterocycles. The lowest BCUT2D eigenvalue weighted by Gasteiger charge is -2.27. The molecule has 0 saturated carbocycles. The van der Waals surface area contributed by atoms with E-state index in [1.165, 1.54) is 0 Å². The van der Waals surface area contributed by atoms with Gasteiger partial charge in [-0.2, -0.15) is 0 Å². The molecule has 1 unspecified atom stereocenters. The summed E-state index contributed by atoms with van der Waals surface area (Å²) in [6, 6.07) is 0. The van der Waals surface area contributed by atoms with Gasteiger partial charge in [-0.3, -0.25) is 0 Å². The minimum atomic E-state index is -1.05. The second-order valence-electron chi connectivity index (χ2n) is 2.78. The summed E-state index contributed by atoms with van der Waals surface area (Å²) in [5.74, 6) is 5.22. The maximum Gasteiger partial charge on any atom is 0.143 e. The summed E-state index contributed by atoms with van der Waals surface area (Å²) in [7, 11) is 0. The Bertz CT molecular complexity index is 172. The van der Waals surface area contributed by atoms with Crippen molar-refractivity contribution in [2.75, 3.05) is 0 Å². The normalized spacial score (nSPS) is 13.4. The van der Waals surface area contributed by atoms with Crippen molar-refractivity contribution >= 4 is 0 Å². The van der Waals surface area contributed by atoms with E-state index in [1.54, 1.807) is 0 Å². The van der Waals surface area contributed by atoms with Crippen LogP contribution in [0.5, 0.6) is 0 Å². The van der Waals surface area contributed by atoms with Crippen LogP contribution >= 0.6 is 0 Å². The predicted molar refractivity (Wildman–Crippen MR) is 49.3 cm³/mol. The van der Waals surface area contributed by atoms with Crippen LogP contribution in [0.2, 0.25) is 0 Å². The van der Waals surface area contributed by atoms with Gasteiger partial charge in [0.05, 0.1) is 0 Å². The fourth-order valence-corrected chi connectivity index (χ4v) is 0.940. The number of hydrogen-bond acceptors (Lipinski definition) is 2. The first kappa shape index (κ1) is 11.5. The second-order valence-corrected chi connectivity index (χ2v) is 2.78. The molecule has 2 heteroatoms. The number of aliphatic hydroxyl groups is 2. The van der Waals surface area contributed by atoms with Gasteiger partial charge in [0.2, 0.25) is 0 Å². The number of aliphatic hydroxyl groups excluding tert-OH is 1. The van der Waals surface area contributed by atoms with Gasteiger partial charge >= 0.3 is 0 Å². The Kier molecular flexibility index (Phi) is 4.96. The highest BCUT2D eigenvalue weighted by molar-refractivity contribution is 5.11. The Morgan fingerprint density at radius 2 is 1.92 bits per heavy atom. The molecule has 2 nitrogen and oxygen atoms in total. The number of rotatable bonds is 3. The molecule has 0 spiro atoms. The zero-order chi connectivity index (χ0) is 9.61. The van der Waals surface area contributed by atoms with Crippen LogP contribution in [0.15, 0.2) is 0 Å². The SMILES string of the molecule is [CH2]CC#CC(O)C(O)(CC)CC. The van der Waals surface area contributed by atoms with Gasteiger partial charge in [-0.15, -0.1) is 5.92 Å². The minimum absolute atomic E-state index is 0.459. The van der Waals surface area contributed by atoms with Crippen molar-refractivity contribution in [1.82, 2.24) is 0 Å². The highest BCUT2D eigenvalue weighted by Crippen LogP contribution is 2.18. The maximum absolute atomic E-state index is 9.75. The third-order valence-electron chi connectivity index (χ3n) is 2.10. The van der Waals surface area contributed by atoms with Crippen LogP contribution in [0, 0.1) is 18.8 Å². The van der Waals surface area contributed by atoms with Crippen molar-refractivity contribution in [3.63, 3.8) is 0 Å². The molecule has 0 bridgehead atoms. The van der Waals surface area contributed by atoms with E-state index in [4.69, 9.17) is 0 Å². The maximum atomic E-state index is 9.75. The lowest BCUT2D eigenvalue weighted by Crippen LogP contribution is -2.40.